The van der Waals surface area contributed by atoms with E-state index in [4.69, 9.17) is 0 Å². The van der Waals surface area contributed by atoms with Crippen molar-refractivity contribution < 1.29 is 0 Å². The molecular weight excluding hydrogens is 354 g/mol. The van der Waals surface area contributed by atoms with Crippen molar-refractivity contribution in [3.63, 3.8) is 0 Å². The van der Waals surface area contributed by atoms with Gasteiger partial charge in [0.1, 0.15) is 0 Å². The average molecular weight is 370 g/mol. The molecule has 5 nitrogen and oxygen atoms in total. The molecule has 0 atom stereocenters. The number of nitrogens with zero attached hydrogens (tertiary/aromatic N) is 3. The van der Waals surface area contributed by atoms with Gasteiger partial charge in [-0.05, 0) is 55.3 Å². The summed E-state index contributed by atoms with van der Waals surface area (Å²) in [5.41, 5.74) is 4.20. The van der Waals surface area contributed by atoms with E-state index in [1.165, 1.54) is 5.56 Å². The smallest absolute Gasteiger partial charge is 0.249 e. The number of anilines is 4. The Labute approximate surface area is 143 Å². The minimum Gasteiger partial charge on any atom is -0.339 e. The summed E-state index contributed by atoms with van der Waals surface area (Å²) in [4.78, 5) is 4.44. The first-order chi connectivity index (χ1) is 11.1. The lowest BCUT2D eigenvalue weighted by molar-refractivity contribution is 0.982. The van der Waals surface area contributed by atoms with Crippen LogP contribution >= 0.6 is 15.9 Å². The highest BCUT2D eigenvalue weighted by Crippen LogP contribution is 2.22. The maximum absolute atomic E-state index is 4.44. The van der Waals surface area contributed by atoms with Crippen molar-refractivity contribution in [3.05, 3.63) is 64.3 Å². The molecule has 0 spiro atoms. The molecule has 116 valence electrons. The van der Waals surface area contributed by atoms with Crippen molar-refractivity contribution in [3.8, 4) is 0 Å². The van der Waals surface area contributed by atoms with Gasteiger partial charge in [-0.1, -0.05) is 28.1 Å². The Balaban J connectivity index is 1.78. The van der Waals surface area contributed by atoms with Crippen molar-refractivity contribution >= 4 is 39.1 Å². The van der Waals surface area contributed by atoms with E-state index in [0.29, 0.717) is 11.8 Å². The fraction of sp³-hybridized carbons (Fsp3) is 0.118. The second-order valence-electron chi connectivity index (χ2n) is 5.25. The zero-order valence-corrected chi connectivity index (χ0v) is 14.4. The average Bonchev–Trinajstić information content (AvgIpc) is 2.51. The highest BCUT2D eigenvalue weighted by molar-refractivity contribution is 9.10. The molecule has 0 amide bonds. The predicted octanol–water partition coefficient (Wildman–Crippen LogP) is 4.74. The Hall–Kier alpha value is -2.47. The summed E-state index contributed by atoms with van der Waals surface area (Å²) in [5.74, 6) is 1.09. The zero-order chi connectivity index (χ0) is 16.2. The first-order valence-electron chi connectivity index (χ1n) is 7.17. The van der Waals surface area contributed by atoms with E-state index < -0.39 is 0 Å². The fourth-order valence-corrected chi connectivity index (χ4v) is 2.39. The van der Waals surface area contributed by atoms with Crippen LogP contribution in [0.3, 0.4) is 0 Å². The first kappa shape index (κ1) is 15.4. The van der Waals surface area contributed by atoms with Crippen LogP contribution in [-0.4, -0.2) is 15.2 Å². The molecule has 0 saturated heterocycles. The summed E-state index contributed by atoms with van der Waals surface area (Å²) >= 11 is 3.49. The monoisotopic (exact) mass is 369 g/mol. The van der Waals surface area contributed by atoms with E-state index in [1.54, 1.807) is 6.20 Å². The van der Waals surface area contributed by atoms with Gasteiger partial charge < -0.3 is 10.6 Å². The Bertz CT molecular complexity index is 835. The highest BCUT2D eigenvalue weighted by atomic mass is 79.9. The molecule has 0 aliphatic heterocycles. The van der Waals surface area contributed by atoms with Crippen LogP contribution in [0.2, 0.25) is 0 Å². The van der Waals surface area contributed by atoms with Gasteiger partial charge in [0.2, 0.25) is 5.95 Å². The minimum atomic E-state index is 0.448. The molecule has 0 aliphatic rings. The van der Waals surface area contributed by atoms with Crippen LogP contribution in [0.5, 0.6) is 0 Å². The molecule has 0 saturated carbocycles. The SMILES string of the molecule is Cc1cccc(Nc2cnnc(Nc3ccc(Br)c(C)c3)n2)c1. The normalized spacial score (nSPS) is 10.4. The predicted molar refractivity (Wildman–Crippen MR) is 96.5 cm³/mol. The number of halogens is 1. The quantitative estimate of drug-likeness (QED) is 0.695. The molecule has 1 aromatic heterocycles. The number of nitrogens with one attached hydrogen (secondary N) is 2. The molecule has 0 fully saturated rings. The molecule has 6 heteroatoms. The lowest BCUT2D eigenvalue weighted by atomic mass is 10.2. The Kier molecular flexibility index (Phi) is 4.52. The molecule has 1 heterocycles. The fourth-order valence-electron chi connectivity index (χ4n) is 2.14. The summed E-state index contributed by atoms with van der Waals surface area (Å²) in [5, 5.41) is 14.4. The minimum absolute atomic E-state index is 0.448. The Morgan fingerprint density at radius 3 is 2.57 bits per heavy atom. The first-order valence-corrected chi connectivity index (χ1v) is 7.96. The number of aryl methyl sites for hydroxylation is 2. The van der Waals surface area contributed by atoms with Crippen molar-refractivity contribution in [1.29, 1.82) is 0 Å². The molecule has 23 heavy (non-hydrogen) atoms. The lowest BCUT2D eigenvalue weighted by Crippen LogP contribution is -2.02. The van der Waals surface area contributed by atoms with E-state index in [9.17, 15) is 0 Å². The molecule has 0 radical (unpaired) electrons. The molecular formula is C17H16BrN5. The molecule has 0 aliphatic carbocycles. The van der Waals surface area contributed by atoms with E-state index in [2.05, 4.69) is 41.7 Å². The van der Waals surface area contributed by atoms with Gasteiger partial charge >= 0.3 is 0 Å². The van der Waals surface area contributed by atoms with Crippen LogP contribution in [0.25, 0.3) is 0 Å². The number of hydrogen-bond donors (Lipinski definition) is 2. The number of hydrogen-bond acceptors (Lipinski definition) is 5. The summed E-state index contributed by atoms with van der Waals surface area (Å²) < 4.78 is 1.07. The largest absolute Gasteiger partial charge is 0.339 e. The van der Waals surface area contributed by atoms with Crippen molar-refractivity contribution in [1.82, 2.24) is 15.2 Å². The Morgan fingerprint density at radius 2 is 1.78 bits per heavy atom. The second-order valence-corrected chi connectivity index (χ2v) is 6.10. The third-order valence-electron chi connectivity index (χ3n) is 3.26. The lowest BCUT2D eigenvalue weighted by Gasteiger charge is -2.09. The van der Waals surface area contributed by atoms with Gasteiger partial charge in [-0.25, -0.2) is 0 Å². The highest BCUT2D eigenvalue weighted by Gasteiger charge is 2.03. The van der Waals surface area contributed by atoms with Gasteiger partial charge in [-0.3, -0.25) is 0 Å². The van der Waals surface area contributed by atoms with Crippen LogP contribution in [0.1, 0.15) is 11.1 Å². The maximum atomic E-state index is 4.44. The van der Waals surface area contributed by atoms with E-state index >= 15 is 0 Å². The molecule has 2 aromatic carbocycles. The van der Waals surface area contributed by atoms with Crippen molar-refractivity contribution in [2.45, 2.75) is 13.8 Å². The van der Waals surface area contributed by atoms with Gasteiger partial charge in [-0.15, -0.1) is 5.10 Å². The zero-order valence-electron chi connectivity index (χ0n) is 12.8. The molecule has 3 aromatic rings. The van der Waals surface area contributed by atoms with Gasteiger partial charge in [0.05, 0.1) is 6.20 Å². The molecule has 0 unspecified atom stereocenters. The molecule has 3 rings (SSSR count). The van der Waals surface area contributed by atoms with E-state index in [1.807, 2.05) is 56.3 Å². The van der Waals surface area contributed by atoms with Crippen molar-refractivity contribution in [2.24, 2.45) is 0 Å². The second kappa shape index (κ2) is 6.75. The number of rotatable bonds is 4. The third-order valence-corrected chi connectivity index (χ3v) is 4.15. The van der Waals surface area contributed by atoms with Gasteiger partial charge in [0.25, 0.3) is 0 Å². The van der Waals surface area contributed by atoms with Gasteiger partial charge in [0.15, 0.2) is 5.82 Å². The van der Waals surface area contributed by atoms with Crippen LogP contribution in [0, 0.1) is 13.8 Å². The van der Waals surface area contributed by atoms with Gasteiger partial charge in [0, 0.05) is 15.8 Å². The third kappa shape index (κ3) is 4.04. The summed E-state index contributed by atoms with van der Waals surface area (Å²) in [6.45, 7) is 4.08. The van der Waals surface area contributed by atoms with Crippen molar-refractivity contribution in [2.75, 3.05) is 10.6 Å². The van der Waals surface area contributed by atoms with Crippen LogP contribution < -0.4 is 10.6 Å². The molecule has 0 bridgehead atoms. The summed E-state index contributed by atoms with van der Waals surface area (Å²) in [6, 6.07) is 14.0. The van der Waals surface area contributed by atoms with Gasteiger partial charge in [-0.2, -0.15) is 10.1 Å². The summed E-state index contributed by atoms with van der Waals surface area (Å²) in [6.07, 6.45) is 1.60. The molecule has 2 N–H and O–H groups in total. The maximum Gasteiger partial charge on any atom is 0.249 e. The van der Waals surface area contributed by atoms with E-state index in [-0.39, 0.29) is 0 Å². The van der Waals surface area contributed by atoms with E-state index in [0.717, 1.165) is 21.4 Å². The Morgan fingerprint density at radius 1 is 0.957 bits per heavy atom. The standard InChI is InChI=1S/C17H16BrN5/c1-11-4-3-5-13(8-11)20-16-10-19-23-17(22-16)21-14-6-7-15(18)12(2)9-14/h3-10H,1-2H3,(H2,20,21,22,23). The summed E-state index contributed by atoms with van der Waals surface area (Å²) in [7, 11) is 0. The topological polar surface area (TPSA) is 62.7 Å². The number of aromatic nitrogens is 3. The number of benzene rings is 2. The van der Waals surface area contributed by atoms with Crippen LogP contribution in [-0.2, 0) is 0 Å². The van der Waals surface area contributed by atoms with Crippen LogP contribution in [0.4, 0.5) is 23.1 Å². The van der Waals surface area contributed by atoms with Crippen LogP contribution in [0.15, 0.2) is 53.1 Å².